The molecule has 2 N–H and O–H groups in total. The second-order valence-electron chi connectivity index (χ2n) is 6.50. The van der Waals surface area contributed by atoms with Crippen LogP contribution in [-0.2, 0) is 20.7 Å². The van der Waals surface area contributed by atoms with Crippen molar-refractivity contribution in [2.75, 3.05) is 19.7 Å². The lowest BCUT2D eigenvalue weighted by molar-refractivity contribution is -0.136. The first-order chi connectivity index (χ1) is 11.1. The van der Waals surface area contributed by atoms with Gasteiger partial charge in [-0.25, -0.2) is 0 Å². The molecule has 1 aliphatic carbocycles. The van der Waals surface area contributed by atoms with Gasteiger partial charge in [-0.1, -0.05) is 24.3 Å². The molecule has 1 unspecified atom stereocenters. The van der Waals surface area contributed by atoms with Crippen LogP contribution in [0.2, 0.25) is 0 Å². The van der Waals surface area contributed by atoms with Gasteiger partial charge in [-0.2, -0.15) is 0 Å². The number of carbonyl (C=O) groups excluding carboxylic acids is 2. The summed E-state index contributed by atoms with van der Waals surface area (Å²) in [5.41, 5.74) is 7.83. The maximum Gasteiger partial charge on any atom is 0.243 e. The highest BCUT2D eigenvalue weighted by Crippen LogP contribution is 2.35. The number of primary amides is 1. The van der Waals surface area contributed by atoms with E-state index in [0.717, 1.165) is 25.7 Å². The largest absolute Gasteiger partial charge is 0.368 e. The Bertz CT molecular complexity index is 579. The van der Waals surface area contributed by atoms with Crippen molar-refractivity contribution in [1.29, 1.82) is 0 Å². The molecule has 1 aromatic rings. The van der Waals surface area contributed by atoms with E-state index in [1.165, 1.54) is 11.1 Å². The van der Waals surface area contributed by atoms with Crippen molar-refractivity contribution < 1.29 is 14.3 Å². The van der Waals surface area contributed by atoms with E-state index in [0.29, 0.717) is 25.4 Å². The number of piperidine rings is 1. The molecule has 1 aliphatic heterocycles. The van der Waals surface area contributed by atoms with E-state index in [-0.39, 0.29) is 18.6 Å². The van der Waals surface area contributed by atoms with Gasteiger partial charge >= 0.3 is 0 Å². The van der Waals surface area contributed by atoms with Gasteiger partial charge in [0.15, 0.2) is 0 Å². The lowest BCUT2D eigenvalue weighted by Crippen LogP contribution is -2.41. The lowest BCUT2D eigenvalue weighted by atomic mass is 9.96. The summed E-state index contributed by atoms with van der Waals surface area (Å²) in [6.45, 7) is 1.38. The first kappa shape index (κ1) is 16.0. The van der Waals surface area contributed by atoms with Crippen molar-refractivity contribution in [3.63, 3.8) is 0 Å². The molecule has 0 radical (unpaired) electrons. The number of hydrogen-bond acceptors (Lipinski definition) is 3. The summed E-state index contributed by atoms with van der Waals surface area (Å²) in [6, 6.07) is 8.45. The molecule has 2 aliphatic rings. The molecule has 1 fully saturated rings. The predicted molar refractivity (Wildman–Crippen MR) is 86.9 cm³/mol. The average Bonchev–Trinajstić information content (AvgIpc) is 2.96. The van der Waals surface area contributed by atoms with Crippen LogP contribution in [0.4, 0.5) is 0 Å². The zero-order chi connectivity index (χ0) is 16.2. The molecule has 0 aromatic heterocycles. The Morgan fingerprint density at radius 2 is 1.91 bits per heavy atom. The Morgan fingerprint density at radius 3 is 2.65 bits per heavy atom. The molecule has 1 atom stereocenters. The van der Waals surface area contributed by atoms with Crippen LogP contribution in [0.1, 0.15) is 42.7 Å². The Morgan fingerprint density at radius 1 is 1.17 bits per heavy atom. The van der Waals surface area contributed by atoms with Crippen LogP contribution in [0.3, 0.4) is 0 Å². The van der Waals surface area contributed by atoms with Gasteiger partial charge in [0, 0.05) is 19.5 Å². The maximum atomic E-state index is 12.5. The van der Waals surface area contributed by atoms with E-state index in [1.807, 2.05) is 4.90 Å². The summed E-state index contributed by atoms with van der Waals surface area (Å²) < 4.78 is 5.44. The SMILES string of the molecule is NC(=O)COC1CCN(C(=O)CC2CCc3ccccc32)CC1. The molecular formula is C18H24N2O3. The molecule has 23 heavy (non-hydrogen) atoms. The van der Waals surface area contributed by atoms with Crippen LogP contribution in [0.15, 0.2) is 24.3 Å². The topological polar surface area (TPSA) is 72.6 Å². The molecule has 5 nitrogen and oxygen atoms in total. The van der Waals surface area contributed by atoms with Crippen molar-refractivity contribution >= 4 is 11.8 Å². The van der Waals surface area contributed by atoms with Gasteiger partial charge in [-0.15, -0.1) is 0 Å². The summed E-state index contributed by atoms with van der Waals surface area (Å²) in [5.74, 6) is 0.158. The van der Waals surface area contributed by atoms with Crippen LogP contribution < -0.4 is 5.73 Å². The van der Waals surface area contributed by atoms with Gasteiger partial charge in [0.1, 0.15) is 6.61 Å². The Kier molecular flexibility index (Phi) is 4.96. The van der Waals surface area contributed by atoms with Crippen molar-refractivity contribution in [1.82, 2.24) is 4.90 Å². The fourth-order valence-corrected chi connectivity index (χ4v) is 3.67. The van der Waals surface area contributed by atoms with Crippen molar-refractivity contribution in [3.8, 4) is 0 Å². The molecule has 1 heterocycles. The molecule has 1 saturated heterocycles. The average molecular weight is 316 g/mol. The lowest BCUT2D eigenvalue weighted by Gasteiger charge is -2.32. The molecule has 0 bridgehead atoms. The quantitative estimate of drug-likeness (QED) is 0.897. The second-order valence-corrected chi connectivity index (χ2v) is 6.50. The third-order valence-corrected chi connectivity index (χ3v) is 4.93. The number of nitrogens with zero attached hydrogens (tertiary/aromatic N) is 1. The van der Waals surface area contributed by atoms with Gasteiger partial charge in [-0.05, 0) is 42.7 Å². The maximum absolute atomic E-state index is 12.5. The van der Waals surface area contributed by atoms with Gasteiger partial charge in [0.2, 0.25) is 11.8 Å². The third-order valence-electron chi connectivity index (χ3n) is 4.93. The number of carbonyl (C=O) groups is 2. The first-order valence-corrected chi connectivity index (χ1v) is 8.39. The van der Waals surface area contributed by atoms with Gasteiger partial charge in [0.05, 0.1) is 6.10 Å². The Hall–Kier alpha value is -1.88. The van der Waals surface area contributed by atoms with Crippen molar-refractivity contribution in [2.24, 2.45) is 5.73 Å². The van der Waals surface area contributed by atoms with E-state index >= 15 is 0 Å². The molecular weight excluding hydrogens is 292 g/mol. The number of likely N-dealkylation sites (tertiary alicyclic amines) is 1. The normalized spacial score (nSPS) is 21.2. The molecule has 2 amide bonds. The summed E-state index contributed by atoms with van der Waals surface area (Å²) >= 11 is 0. The van der Waals surface area contributed by atoms with Crippen molar-refractivity contribution in [3.05, 3.63) is 35.4 Å². The van der Waals surface area contributed by atoms with E-state index in [2.05, 4.69) is 24.3 Å². The number of ether oxygens (including phenoxy) is 1. The number of aryl methyl sites for hydroxylation is 1. The molecule has 124 valence electrons. The minimum absolute atomic E-state index is 0.0303. The zero-order valence-electron chi connectivity index (χ0n) is 13.4. The summed E-state index contributed by atoms with van der Waals surface area (Å²) in [5, 5.41) is 0. The summed E-state index contributed by atoms with van der Waals surface area (Å²) in [4.78, 5) is 25.2. The Balaban J connectivity index is 1.48. The van der Waals surface area contributed by atoms with Crippen LogP contribution in [-0.4, -0.2) is 42.5 Å². The zero-order valence-corrected chi connectivity index (χ0v) is 13.4. The van der Waals surface area contributed by atoms with Crippen LogP contribution in [0.25, 0.3) is 0 Å². The molecule has 1 aromatic carbocycles. The fourth-order valence-electron chi connectivity index (χ4n) is 3.67. The molecule has 3 rings (SSSR count). The fraction of sp³-hybridized carbons (Fsp3) is 0.556. The number of nitrogens with two attached hydrogens (primary N) is 1. The molecule has 0 spiro atoms. The third kappa shape index (κ3) is 3.91. The smallest absolute Gasteiger partial charge is 0.243 e. The molecule has 0 saturated carbocycles. The van der Waals surface area contributed by atoms with E-state index in [4.69, 9.17) is 10.5 Å². The first-order valence-electron chi connectivity index (χ1n) is 8.39. The predicted octanol–water partition coefficient (Wildman–Crippen LogP) is 1.60. The second kappa shape index (κ2) is 7.13. The summed E-state index contributed by atoms with van der Waals surface area (Å²) in [7, 11) is 0. The van der Waals surface area contributed by atoms with Crippen molar-refractivity contribution in [2.45, 2.75) is 44.1 Å². The number of fused-ring (bicyclic) bond motifs is 1. The standard InChI is InChI=1S/C18H24N2O3/c19-17(21)12-23-15-7-9-20(10-8-15)18(22)11-14-6-5-13-3-1-2-4-16(13)14/h1-4,14-15H,5-12H2,(H2,19,21). The van der Waals surface area contributed by atoms with Gasteiger partial charge in [-0.3, -0.25) is 9.59 Å². The minimum atomic E-state index is -0.441. The number of rotatable bonds is 5. The monoisotopic (exact) mass is 316 g/mol. The number of hydrogen-bond donors (Lipinski definition) is 1. The summed E-state index contributed by atoms with van der Waals surface area (Å²) in [6.07, 6.45) is 4.35. The van der Waals surface area contributed by atoms with E-state index in [1.54, 1.807) is 0 Å². The van der Waals surface area contributed by atoms with Crippen LogP contribution in [0, 0.1) is 0 Å². The van der Waals surface area contributed by atoms with E-state index < -0.39 is 5.91 Å². The van der Waals surface area contributed by atoms with Gasteiger partial charge in [0.25, 0.3) is 0 Å². The minimum Gasteiger partial charge on any atom is -0.368 e. The number of benzene rings is 1. The van der Waals surface area contributed by atoms with Crippen LogP contribution >= 0.6 is 0 Å². The molecule has 5 heteroatoms. The Labute approximate surface area is 136 Å². The highest BCUT2D eigenvalue weighted by molar-refractivity contribution is 5.77. The highest BCUT2D eigenvalue weighted by Gasteiger charge is 2.28. The number of amides is 2. The van der Waals surface area contributed by atoms with Crippen LogP contribution in [0.5, 0.6) is 0 Å². The van der Waals surface area contributed by atoms with E-state index in [9.17, 15) is 9.59 Å². The van der Waals surface area contributed by atoms with Gasteiger partial charge < -0.3 is 15.4 Å². The highest BCUT2D eigenvalue weighted by atomic mass is 16.5.